The van der Waals surface area contributed by atoms with Gasteiger partial charge in [-0.1, -0.05) is 46.3 Å². The van der Waals surface area contributed by atoms with Gasteiger partial charge in [-0.25, -0.2) is 4.39 Å². The summed E-state index contributed by atoms with van der Waals surface area (Å²) in [5.74, 6) is -0.219. The summed E-state index contributed by atoms with van der Waals surface area (Å²) in [5, 5.41) is 0. The number of halogens is 2. The van der Waals surface area contributed by atoms with Gasteiger partial charge in [-0.15, -0.1) is 0 Å². The minimum absolute atomic E-state index is 0.145. The van der Waals surface area contributed by atoms with Crippen LogP contribution in [0.2, 0.25) is 0 Å². The molecule has 2 aromatic rings. The monoisotopic (exact) mass is 366 g/mol. The van der Waals surface area contributed by atoms with E-state index >= 15 is 0 Å². The van der Waals surface area contributed by atoms with Crippen LogP contribution in [-0.4, -0.2) is 12.0 Å². The highest BCUT2D eigenvalue weighted by Gasteiger charge is 2.19. The lowest BCUT2D eigenvalue weighted by Gasteiger charge is -2.29. The summed E-state index contributed by atoms with van der Waals surface area (Å²) in [5.41, 5.74) is 8.06. The number of nitrogens with two attached hydrogens (primary N) is 1. The Hall–Kier alpha value is -1.46. The van der Waals surface area contributed by atoms with Crippen molar-refractivity contribution in [2.45, 2.75) is 13.0 Å². The van der Waals surface area contributed by atoms with Crippen molar-refractivity contribution in [3.63, 3.8) is 0 Å². The Kier molecular flexibility index (Phi) is 4.96. The van der Waals surface area contributed by atoms with E-state index in [2.05, 4.69) is 15.9 Å². The number of rotatable bonds is 4. The van der Waals surface area contributed by atoms with Gasteiger partial charge < -0.3 is 10.6 Å². The Morgan fingerprint density at radius 2 is 1.95 bits per heavy atom. The third-order valence-corrected chi connectivity index (χ3v) is 4.25. The van der Waals surface area contributed by atoms with Gasteiger partial charge in [-0.3, -0.25) is 0 Å². The zero-order valence-corrected chi connectivity index (χ0v) is 14.2. The van der Waals surface area contributed by atoms with E-state index < -0.39 is 0 Å². The van der Waals surface area contributed by atoms with Crippen LogP contribution >= 0.6 is 28.1 Å². The zero-order valence-electron chi connectivity index (χ0n) is 11.8. The fraction of sp³-hybridized carbons (Fsp3) is 0.188. The van der Waals surface area contributed by atoms with Crippen LogP contribution in [0.5, 0.6) is 0 Å². The molecule has 5 heteroatoms. The lowest BCUT2D eigenvalue weighted by atomic mass is 10.0. The van der Waals surface area contributed by atoms with Crippen molar-refractivity contribution in [1.29, 1.82) is 0 Å². The quantitative estimate of drug-likeness (QED) is 0.812. The van der Waals surface area contributed by atoms with Gasteiger partial charge in [0.05, 0.1) is 6.04 Å². The van der Waals surface area contributed by atoms with Crippen LogP contribution in [0.15, 0.2) is 46.9 Å². The second-order valence-electron chi connectivity index (χ2n) is 4.83. The second-order valence-corrected chi connectivity index (χ2v) is 6.19. The van der Waals surface area contributed by atoms with Crippen LogP contribution in [-0.2, 0) is 0 Å². The molecule has 0 bridgehead atoms. The minimum Gasteiger partial charge on any atom is -0.389 e. The van der Waals surface area contributed by atoms with E-state index in [0.717, 1.165) is 15.7 Å². The smallest absolute Gasteiger partial charge is 0.128 e. The minimum atomic E-state index is -0.219. The van der Waals surface area contributed by atoms with Crippen LogP contribution in [0.25, 0.3) is 0 Å². The highest BCUT2D eigenvalue weighted by atomic mass is 79.9. The zero-order chi connectivity index (χ0) is 15.6. The summed E-state index contributed by atoms with van der Waals surface area (Å²) in [6.07, 6.45) is 0. The van der Waals surface area contributed by atoms with Gasteiger partial charge in [0.25, 0.3) is 0 Å². The Balaban J connectivity index is 2.44. The maximum atomic E-state index is 14.0. The predicted molar refractivity (Wildman–Crippen MR) is 93.2 cm³/mol. The first kappa shape index (κ1) is 15.9. The third kappa shape index (κ3) is 3.41. The number of thiocarbonyl (C=S) groups is 1. The third-order valence-electron chi connectivity index (χ3n) is 3.54. The predicted octanol–water partition coefficient (Wildman–Crippen LogP) is 4.42. The number of nitrogens with zero attached hydrogens (tertiary/aromatic N) is 1. The number of hydrogen-bond donors (Lipinski definition) is 1. The molecule has 0 radical (unpaired) electrons. The van der Waals surface area contributed by atoms with E-state index in [1.807, 2.05) is 43.1 Å². The van der Waals surface area contributed by atoms with Crippen molar-refractivity contribution in [2.24, 2.45) is 5.73 Å². The molecule has 2 nitrogen and oxygen atoms in total. The van der Waals surface area contributed by atoms with Crippen LogP contribution in [0.4, 0.5) is 10.1 Å². The first-order valence-electron chi connectivity index (χ1n) is 6.48. The molecular weight excluding hydrogens is 351 g/mol. The Morgan fingerprint density at radius 1 is 1.29 bits per heavy atom. The van der Waals surface area contributed by atoms with Crippen LogP contribution < -0.4 is 10.6 Å². The van der Waals surface area contributed by atoms with Crippen molar-refractivity contribution >= 4 is 38.8 Å². The van der Waals surface area contributed by atoms with Crippen LogP contribution in [0, 0.1) is 5.82 Å². The number of anilines is 1. The molecule has 1 unspecified atom stereocenters. The van der Waals surface area contributed by atoms with Crippen molar-refractivity contribution in [1.82, 2.24) is 0 Å². The van der Waals surface area contributed by atoms with Gasteiger partial charge in [0, 0.05) is 28.3 Å². The maximum Gasteiger partial charge on any atom is 0.128 e. The van der Waals surface area contributed by atoms with Crippen molar-refractivity contribution < 1.29 is 4.39 Å². The van der Waals surface area contributed by atoms with Gasteiger partial charge in [-0.05, 0) is 31.2 Å². The Bertz CT molecular complexity index is 675. The molecule has 110 valence electrons. The molecule has 0 fully saturated rings. The highest BCUT2D eigenvalue weighted by molar-refractivity contribution is 9.10. The van der Waals surface area contributed by atoms with E-state index in [4.69, 9.17) is 18.0 Å². The fourth-order valence-corrected chi connectivity index (χ4v) is 2.76. The summed E-state index contributed by atoms with van der Waals surface area (Å²) in [7, 11) is 1.90. The summed E-state index contributed by atoms with van der Waals surface area (Å²) in [6.45, 7) is 1.95. The molecule has 0 amide bonds. The van der Waals surface area contributed by atoms with Crippen molar-refractivity contribution in [2.75, 3.05) is 11.9 Å². The Labute approximate surface area is 137 Å². The summed E-state index contributed by atoms with van der Waals surface area (Å²) >= 11 is 8.55. The molecule has 21 heavy (non-hydrogen) atoms. The topological polar surface area (TPSA) is 29.3 Å². The van der Waals surface area contributed by atoms with Gasteiger partial charge in [0.1, 0.15) is 10.8 Å². The molecular formula is C16H16BrFN2S. The van der Waals surface area contributed by atoms with E-state index in [-0.39, 0.29) is 11.9 Å². The molecule has 0 saturated heterocycles. The largest absolute Gasteiger partial charge is 0.389 e. The van der Waals surface area contributed by atoms with Crippen molar-refractivity contribution in [3.8, 4) is 0 Å². The SMILES string of the molecule is CC(c1ccccc1F)N(C)c1cc(Br)ccc1C(N)=S. The first-order chi connectivity index (χ1) is 9.91. The average molecular weight is 367 g/mol. The van der Waals surface area contributed by atoms with E-state index in [1.165, 1.54) is 6.07 Å². The molecule has 0 spiro atoms. The summed E-state index contributed by atoms with van der Waals surface area (Å²) in [6, 6.07) is 12.3. The van der Waals surface area contributed by atoms with E-state index in [0.29, 0.717) is 10.6 Å². The Morgan fingerprint density at radius 3 is 2.57 bits per heavy atom. The van der Waals surface area contributed by atoms with E-state index in [9.17, 15) is 4.39 Å². The molecule has 0 heterocycles. The standard InChI is InChI=1S/C16H16BrFN2S/c1-10(12-5-3-4-6-14(12)18)20(2)15-9-11(17)7-8-13(15)16(19)21/h3-10H,1-2H3,(H2,19,21). The normalized spacial score (nSPS) is 12.0. The average Bonchev–Trinajstić information content (AvgIpc) is 2.45. The molecule has 0 aliphatic carbocycles. The van der Waals surface area contributed by atoms with Gasteiger partial charge >= 0.3 is 0 Å². The molecule has 2 rings (SSSR count). The molecule has 1 atom stereocenters. The lowest BCUT2D eigenvalue weighted by Crippen LogP contribution is -2.25. The molecule has 0 aliphatic heterocycles. The van der Waals surface area contributed by atoms with Crippen LogP contribution in [0.1, 0.15) is 24.1 Å². The maximum absolute atomic E-state index is 14.0. The molecule has 0 aromatic heterocycles. The van der Waals surface area contributed by atoms with Gasteiger partial charge in [-0.2, -0.15) is 0 Å². The summed E-state index contributed by atoms with van der Waals surface area (Å²) in [4.78, 5) is 2.29. The van der Waals surface area contributed by atoms with Gasteiger partial charge in [0.15, 0.2) is 0 Å². The molecule has 2 aromatic carbocycles. The highest BCUT2D eigenvalue weighted by Crippen LogP contribution is 2.31. The first-order valence-corrected chi connectivity index (χ1v) is 7.68. The molecule has 0 saturated carbocycles. The van der Waals surface area contributed by atoms with Crippen molar-refractivity contribution in [3.05, 3.63) is 63.9 Å². The van der Waals surface area contributed by atoms with Crippen LogP contribution in [0.3, 0.4) is 0 Å². The summed E-state index contributed by atoms with van der Waals surface area (Å²) < 4.78 is 14.9. The number of hydrogen-bond acceptors (Lipinski definition) is 2. The molecule has 0 aliphatic rings. The van der Waals surface area contributed by atoms with E-state index in [1.54, 1.807) is 12.1 Å². The van der Waals surface area contributed by atoms with Gasteiger partial charge in [0.2, 0.25) is 0 Å². The lowest BCUT2D eigenvalue weighted by molar-refractivity contribution is 0.585. The molecule has 2 N–H and O–H groups in total. The second kappa shape index (κ2) is 6.54. The fourth-order valence-electron chi connectivity index (χ4n) is 2.24. The number of benzene rings is 2.